The highest BCUT2D eigenvalue weighted by molar-refractivity contribution is 7.29. The molecule has 0 spiro atoms. The van der Waals surface area contributed by atoms with Crippen molar-refractivity contribution in [2.24, 2.45) is 5.92 Å². The van der Waals surface area contributed by atoms with Crippen LogP contribution in [0.15, 0.2) is 48.7 Å². The average Bonchev–Trinajstić information content (AvgIpc) is 3.55. The van der Waals surface area contributed by atoms with Gasteiger partial charge >= 0.3 is 0 Å². The second kappa shape index (κ2) is 9.71. The van der Waals surface area contributed by atoms with Crippen molar-refractivity contribution < 1.29 is 14.0 Å². The summed E-state index contributed by atoms with van der Waals surface area (Å²) in [6.07, 6.45) is 3.03. The highest BCUT2D eigenvalue weighted by Crippen LogP contribution is 2.37. The number of thiophene rings is 1. The quantitative estimate of drug-likeness (QED) is 0.365. The van der Waals surface area contributed by atoms with E-state index in [2.05, 4.69) is 15.2 Å². The maximum Gasteiger partial charge on any atom is 0.265 e. The number of fused-ring (bicyclic) bond motifs is 1. The Morgan fingerprint density at radius 3 is 2.60 bits per heavy atom. The first-order valence-corrected chi connectivity index (χ1v) is 12.9. The molecule has 4 aromatic rings. The normalized spacial score (nSPS) is 15.5. The van der Waals surface area contributed by atoms with Crippen molar-refractivity contribution in [3.8, 4) is 11.1 Å². The molecule has 1 N–H and O–H groups in total. The van der Waals surface area contributed by atoms with E-state index in [0.717, 1.165) is 45.3 Å². The van der Waals surface area contributed by atoms with Crippen LogP contribution in [-0.2, 0) is 4.79 Å². The van der Waals surface area contributed by atoms with Gasteiger partial charge in [-0.2, -0.15) is 4.39 Å². The highest BCUT2D eigenvalue weighted by atomic mass is 32.1. The maximum absolute atomic E-state index is 13.0. The summed E-state index contributed by atoms with van der Waals surface area (Å²) < 4.78 is 14.0. The molecule has 1 saturated heterocycles. The van der Waals surface area contributed by atoms with Gasteiger partial charge in [0.1, 0.15) is 4.83 Å². The molecule has 0 bridgehead atoms. The number of nitrogens with one attached hydrogen (secondary N) is 1. The van der Waals surface area contributed by atoms with Crippen LogP contribution in [0.4, 0.5) is 15.2 Å². The summed E-state index contributed by atoms with van der Waals surface area (Å²) in [4.78, 5) is 38.6. The van der Waals surface area contributed by atoms with Crippen LogP contribution < -0.4 is 10.2 Å². The summed E-state index contributed by atoms with van der Waals surface area (Å²) >= 11 is 2.96. The lowest BCUT2D eigenvalue weighted by Gasteiger charge is -2.16. The summed E-state index contributed by atoms with van der Waals surface area (Å²) in [6.45, 7) is 1.72. The zero-order valence-electron chi connectivity index (χ0n) is 19.3. The zero-order chi connectivity index (χ0) is 24.5. The van der Waals surface area contributed by atoms with Gasteiger partial charge in [-0.05, 0) is 48.2 Å². The van der Waals surface area contributed by atoms with Crippen molar-refractivity contribution in [1.29, 1.82) is 0 Å². The third-order valence-electron chi connectivity index (χ3n) is 6.02. The van der Waals surface area contributed by atoms with Gasteiger partial charge in [-0.3, -0.25) is 9.59 Å². The van der Waals surface area contributed by atoms with Gasteiger partial charge < -0.3 is 15.1 Å². The minimum atomic E-state index is -0.517. The Kier molecular flexibility index (Phi) is 6.48. The van der Waals surface area contributed by atoms with Gasteiger partial charge in [-0.25, -0.2) is 9.97 Å². The number of thiazole rings is 1. The van der Waals surface area contributed by atoms with E-state index in [-0.39, 0.29) is 11.8 Å². The standard InChI is InChI=1S/C25H24FN5O2S2/c1-30(2)22(32)11-15-9-10-31(14-15)25-29-24-20(35-25)12-19(34-24)23(33)28-18-6-3-16(4-7-18)17-5-8-21(26)27-13-17/h3-8,12-13,15H,9-11,14H2,1-2H3,(H,28,33). The smallest absolute Gasteiger partial charge is 0.265 e. The van der Waals surface area contributed by atoms with E-state index in [0.29, 0.717) is 22.9 Å². The van der Waals surface area contributed by atoms with Crippen LogP contribution in [-0.4, -0.2) is 53.9 Å². The van der Waals surface area contributed by atoms with E-state index < -0.39 is 5.95 Å². The van der Waals surface area contributed by atoms with E-state index in [1.807, 2.05) is 30.3 Å². The van der Waals surface area contributed by atoms with Crippen molar-refractivity contribution in [3.05, 3.63) is 59.5 Å². The Morgan fingerprint density at radius 2 is 1.91 bits per heavy atom. The second-order valence-corrected chi connectivity index (χ2v) is 10.8. The molecule has 0 aliphatic carbocycles. The predicted molar refractivity (Wildman–Crippen MR) is 139 cm³/mol. The molecule has 4 heterocycles. The molecule has 1 aliphatic rings. The van der Waals surface area contributed by atoms with Crippen LogP contribution in [0.5, 0.6) is 0 Å². The van der Waals surface area contributed by atoms with Gasteiger partial charge in [0.2, 0.25) is 11.9 Å². The number of hydrogen-bond donors (Lipinski definition) is 1. The second-order valence-electron chi connectivity index (χ2n) is 8.77. The van der Waals surface area contributed by atoms with Gasteiger partial charge in [-0.1, -0.05) is 23.5 Å². The number of nitrogens with zero attached hydrogens (tertiary/aromatic N) is 4. The molecule has 7 nitrogen and oxygen atoms in total. The molecule has 1 atom stereocenters. The van der Waals surface area contributed by atoms with Gasteiger partial charge in [0.25, 0.3) is 5.91 Å². The van der Waals surface area contributed by atoms with Gasteiger partial charge in [0, 0.05) is 51.1 Å². The van der Waals surface area contributed by atoms with E-state index >= 15 is 0 Å². The molecule has 1 aliphatic heterocycles. The van der Waals surface area contributed by atoms with Crippen LogP contribution in [0.3, 0.4) is 0 Å². The fraction of sp³-hybridized carbons (Fsp3) is 0.280. The number of benzene rings is 1. The van der Waals surface area contributed by atoms with Crippen LogP contribution in [0.2, 0.25) is 0 Å². The number of rotatable bonds is 6. The van der Waals surface area contributed by atoms with Crippen LogP contribution in [0.25, 0.3) is 20.7 Å². The third kappa shape index (κ3) is 5.18. The Bertz CT molecular complexity index is 1330. The summed E-state index contributed by atoms with van der Waals surface area (Å²) in [7, 11) is 3.58. The summed E-state index contributed by atoms with van der Waals surface area (Å²) in [5.74, 6) is -0.189. The SMILES string of the molecule is CN(C)C(=O)CC1CCN(c2nc3sc(C(=O)Nc4ccc(-c5ccc(F)nc5)cc4)cc3s2)C1. The molecule has 35 heavy (non-hydrogen) atoms. The molecule has 2 amide bonds. The van der Waals surface area contributed by atoms with Crippen LogP contribution in [0.1, 0.15) is 22.5 Å². The molecule has 180 valence electrons. The number of carbonyl (C=O) groups is 2. The monoisotopic (exact) mass is 509 g/mol. The van der Waals surface area contributed by atoms with E-state index in [9.17, 15) is 14.0 Å². The number of carbonyl (C=O) groups excluding carboxylic acids is 2. The third-order valence-corrected chi connectivity index (χ3v) is 8.24. The average molecular weight is 510 g/mol. The lowest BCUT2D eigenvalue weighted by molar-refractivity contribution is -0.129. The Hall–Kier alpha value is -3.37. The number of anilines is 2. The maximum atomic E-state index is 13.0. The lowest BCUT2D eigenvalue weighted by atomic mass is 10.0. The molecule has 1 unspecified atom stereocenters. The molecular formula is C25H24FN5O2S2. The molecule has 0 saturated carbocycles. The molecular weight excluding hydrogens is 485 g/mol. The fourth-order valence-corrected chi connectivity index (χ4v) is 6.20. The summed E-state index contributed by atoms with van der Waals surface area (Å²) in [6, 6.07) is 12.2. The number of aromatic nitrogens is 2. The van der Waals surface area contributed by atoms with Gasteiger partial charge in [0.05, 0.1) is 9.58 Å². The largest absolute Gasteiger partial charge is 0.349 e. The Labute approximate surface area is 210 Å². The van der Waals surface area contributed by atoms with Gasteiger partial charge in [-0.15, -0.1) is 11.3 Å². The first-order chi connectivity index (χ1) is 16.9. The molecule has 1 fully saturated rings. The summed E-state index contributed by atoms with van der Waals surface area (Å²) in [5.41, 5.74) is 2.37. The topological polar surface area (TPSA) is 78.4 Å². The molecule has 10 heteroatoms. The number of halogens is 1. The lowest BCUT2D eigenvalue weighted by Crippen LogP contribution is -2.26. The first kappa shape index (κ1) is 23.4. The molecule has 5 rings (SSSR count). The number of amides is 2. The van der Waals surface area contributed by atoms with Gasteiger partial charge in [0.15, 0.2) is 5.13 Å². The van der Waals surface area contributed by atoms with E-state index in [4.69, 9.17) is 4.98 Å². The Balaban J connectivity index is 1.22. The predicted octanol–water partition coefficient (Wildman–Crippen LogP) is 5.12. The van der Waals surface area contributed by atoms with Crippen molar-refractivity contribution in [2.45, 2.75) is 12.8 Å². The number of pyridine rings is 1. The minimum absolute atomic E-state index is 0.162. The Morgan fingerprint density at radius 1 is 1.14 bits per heavy atom. The van der Waals surface area contributed by atoms with E-state index in [1.165, 1.54) is 23.6 Å². The van der Waals surface area contributed by atoms with Crippen molar-refractivity contribution >= 4 is 54.8 Å². The minimum Gasteiger partial charge on any atom is -0.349 e. The zero-order valence-corrected chi connectivity index (χ0v) is 21.0. The van der Waals surface area contributed by atoms with Crippen molar-refractivity contribution in [2.75, 3.05) is 37.4 Å². The van der Waals surface area contributed by atoms with E-state index in [1.54, 1.807) is 36.4 Å². The van der Waals surface area contributed by atoms with Crippen LogP contribution in [0, 0.1) is 11.9 Å². The fourth-order valence-electron chi connectivity index (χ4n) is 4.06. The number of hydrogen-bond acceptors (Lipinski definition) is 7. The van der Waals surface area contributed by atoms with Crippen molar-refractivity contribution in [3.63, 3.8) is 0 Å². The van der Waals surface area contributed by atoms with Crippen LogP contribution >= 0.6 is 22.7 Å². The van der Waals surface area contributed by atoms with Crippen molar-refractivity contribution in [1.82, 2.24) is 14.9 Å². The molecule has 1 aromatic carbocycles. The highest BCUT2D eigenvalue weighted by Gasteiger charge is 2.27. The summed E-state index contributed by atoms with van der Waals surface area (Å²) in [5, 5.41) is 3.87. The molecule has 3 aromatic heterocycles. The molecule has 0 radical (unpaired) electrons. The first-order valence-electron chi connectivity index (χ1n) is 11.2.